The average Bonchev–Trinajstić information content (AvgIpc) is 3.40. The zero-order valence-corrected chi connectivity index (χ0v) is 19.7. The normalized spacial score (nSPS) is 10.7. The number of rotatable bonds is 10. The molecule has 0 spiro atoms. The molecule has 0 unspecified atom stereocenters. The Morgan fingerprint density at radius 3 is 2.61 bits per heavy atom. The lowest BCUT2D eigenvalue weighted by atomic mass is 10.1. The van der Waals surface area contributed by atoms with Crippen LogP contribution in [0.25, 0.3) is 11.3 Å². The smallest absolute Gasteiger partial charge is 0.236 e. The third-order valence-electron chi connectivity index (χ3n) is 4.64. The van der Waals surface area contributed by atoms with Gasteiger partial charge in [-0.05, 0) is 19.1 Å². The highest BCUT2D eigenvalue weighted by atomic mass is 32.2. The predicted octanol–water partition coefficient (Wildman–Crippen LogP) is 5.21. The quantitative estimate of drug-likeness (QED) is 0.250. The summed E-state index contributed by atoms with van der Waals surface area (Å²) in [7, 11) is 0. The number of thiazole rings is 1. The molecule has 2 heterocycles. The number of hydrogen-bond donors (Lipinski definition) is 1. The SMILES string of the molecule is C=CCn1c(COc2ccccc2)nnc1SCC(=O)Nc1nc(-c2ccccc2)c(C)s1. The van der Waals surface area contributed by atoms with Crippen LogP contribution in [0, 0.1) is 6.92 Å². The molecule has 2 aromatic heterocycles. The third kappa shape index (κ3) is 5.88. The first-order valence-electron chi connectivity index (χ1n) is 10.3. The number of aromatic nitrogens is 4. The Labute approximate surface area is 200 Å². The van der Waals surface area contributed by atoms with Gasteiger partial charge in [0.2, 0.25) is 5.91 Å². The van der Waals surface area contributed by atoms with Crippen molar-refractivity contribution in [3.05, 3.63) is 84.0 Å². The molecule has 9 heteroatoms. The fourth-order valence-corrected chi connectivity index (χ4v) is 4.73. The highest BCUT2D eigenvalue weighted by Gasteiger charge is 2.16. The van der Waals surface area contributed by atoms with E-state index >= 15 is 0 Å². The molecule has 0 radical (unpaired) electrons. The van der Waals surface area contributed by atoms with Gasteiger partial charge in [-0.2, -0.15) is 0 Å². The number of nitrogens with one attached hydrogen (secondary N) is 1. The summed E-state index contributed by atoms with van der Waals surface area (Å²) in [5.74, 6) is 1.47. The highest BCUT2D eigenvalue weighted by molar-refractivity contribution is 7.99. The Bertz CT molecular complexity index is 1220. The summed E-state index contributed by atoms with van der Waals surface area (Å²) in [6.07, 6.45) is 1.77. The molecular formula is C24H23N5O2S2. The van der Waals surface area contributed by atoms with Crippen molar-refractivity contribution in [3.8, 4) is 17.0 Å². The van der Waals surface area contributed by atoms with Crippen LogP contribution in [0.1, 0.15) is 10.7 Å². The molecule has 7 nitrogen and oxygen atoms in total. The second-order valence-electron chi connectivity index (χ2n) is 7.03. The van der Waals surface area contributed by atoms with Crippen LogP contribution in [-0.4, -0.2) is 31.4 Å². The number of ether oxygens (including phenoxy) is 1. The summed E-state index contributed by atoms with van der Waals surface area (Å²) in [4.78, 5) is 18.2. The van der Waals surface area contributed by atoms with Gasteiger partial charge in [0, 0.05) is 17.0 Å². The highest BCUT2D eigenvalue weighted by Crippen LogP contribution is 2.30. The zero-order chi connectivity index (χ0) is 23.0. The fourth-order valence-electron chi connectivity index (χ4n) is 3.11. The van der Waals surface area contributed by atoms with E-state index in [1.54, 1.807) is 6.08 Å². The second-order valence-corrected chi connectivity index (χ2v) is 9.17. The second kappa shape index (κ2) is 10.9. The lowest BCUT2D eigenvalue weighted by Crippen LogP contribution is -2.15. The van der Waals surface area contributed by atoms with Crippen LogP contribution in [0.2, 0.25) is 0 Å². The minimum atomic E-state index is -0.149. The van der Waals surface area contributed by atoms with E-state index in [-0.39, 0.29) is 18.3 Å². The Kier molecular flexibility index (Phi) is 7.54. The molecule has 2 aromatic carbocycles. The lowest BCUT2D eigenvalue weighted by Gasteiger charge is -2.09. The van der Waals surface area contributed by atoms with E-state index in [2.05, 4.69) is 27.1 Å². The zero-order valence-electron chi connectivity index (χ0n) is 18.1. The number of carbonyl (C=O) groups excluding carboxylic acids is 1. The molecule has 0 aliphatic carbocycles. The lowest BCUT2D eigenvalue weighted by molar-refractivity contribution is -0.113. The fraction of sp³-hybridized carbons (Fsp3) is 0.167. The number of thioether (sulfide) groups is 1. The standard InChI is InChI=1S/C24H23N5O2S2/c1-3-14-29-20(15-31-19-12-8-5-9-13-19)27-28-24(29)32-16-21(30)25-23-26-22(17(2)33-23)18-10-6-4-7-11-18/h3-13H,1,14-16H2,2H3,(H,25,26,30). The number of nitrogens with zero attached hydrogens (tertiary/aromatic N) is 4. The van der Waals surface area contributed by atoms with Crippen LogP contribution < -0.4 is 10.1 Å². The summed E-state index contributed by atoms with van der Waals surface area (Å²) in [6.45, 7) is 6.61. The first kappa shape index (κ1) is 22.8. The van der Waals surface area contributed by atoms with Gasteiger partial charge >= 0.3 is 0 Å². The first-order valence-corrected chi connectivity index (χ1v) is 12.1. The van der Waals surface area contributed by atoms with Crippen molar-refractivity contribution in [2.45, 2.75) is 25.2 Å². The summed E-state index contributed by atoms with van der Waals surface area (Å²) in [5.41, 5.74) is 1.92. The molecule has 33 heavy (non-hydrogen) atoms. The molecule has 168 valence electrons. The van der Waals surface area contributed by atoms with Crippen LogP contribution in [0.4, 0.5) is 5.13 Å². The molecule has 0 aliphatic heterocycles. The third-order valence-corrected chi connectivity index (χ3v) is 6.49. The number of allylic oxidation sites excluding steroid dienone is 1. The first-order chi connectivity index (χ1) is 16.1. The van der Waals surface area contributed by atoms with E-state index < -0.39 is 0 Å². The average molecular weight is 478 g/mol. The van der Waals surface area contributed by atoms with Crippen molar-refractivity contribution in [3.63, 3.8) is 0 Å². The molecule has 0 saturated heterocycles. The van der Waals surface area contributed by atoms with Crippen molar-refractivity contribution in [1.29, 1.82) is 0 Å². The molecule has 0 atom stereocenters. The van der Waals surface area contributed by atoms with Gasteiger partial charge in [-0.25, -0.2) is 4.98 Å². The number of hydrogen-bond acceptors (Lipinski definition) is 7. The molecule has 0 bridgehead atoms. The maximum absolute atomic E-state index is 12.6. The van der Waals surface area contributed by atoms with Gasteiger partial charge in [-0.3, -0.25) is 9.36 Å². The van der Waals surface area contributed by atoms with Crippen LogP contribution in [0.3, 0.4) is 0 Å². The van der Waals surface area contributed by atoms with Gasteiger partial charge in [-0.15, -0.1) is 28.1 Å². The van der Waals surface area contributed by atoms with E-state index in [1.165, 1.54) is 23.1 Å². The molecule has 4 aromatic rings. The maximum Gasteiger partial charge on any atom is 0.236 e. The largest absolute Gasteiger partial charge is 0.486 e. The van der Waals surface area contributed by atoms with E-state index in [9.17, 15) is 4.79 Å². The van der Waals surface area contributed by atoms with E-state index in [1.807, 2.05) is 72.2 Å². The number of amides is 1. The van der Waals surface area contributed by atoms with Crippen molar-refractivity contribution < 1.29 is 9.53 Å². The predicted molar refractivity (Wildman–Crippen MR) is 133 cm³/mol. The maximum atomic E-state index is 12.6. The molecular weight excluding hydrogens is 454 g/mol. The Morgan fingerprint density at radius 2 is 1.88 bits per heavy atom. The minimum absolute atomic E-state index is 0.149. The van der Waals surface area contributed by atoms with Crippen molar-refractivity contribution in [1.82, 2.24) is 19.7 Å². The van der Waals surface area contributed by atoms with Gasteiger partial charge < -0.3 is 10.1 Å². The van der Waals surface area contributed by atoms with E-state index in [4.69, 9.17) is 4.74 Å². The molecule has 0 aliphatic rings. The van der Waals surface area contributed by atoms with Crippen molar-refractivity contribution >= 4 is 34.1 Å². The number of aryl methyl sites for hydroxylation is 1. The van der Waals surface area contributed by atoms with Crippen LogP contribution >= 0.6 is 23.1 Å². The molecule has 0 fully saturated rings. The monoisotopic (exact) mass is 477 g/mol. The van der Waals surface area contributed by atoms with Crippen molar-refractivity contribution in [2.24, 2.45) is 0 Å². The molecule has 4 rings (SSSR count). The summed E-state index contributed by atoms with van der Waals surface area (Å²) in [5, 5.41) is 12.6. The van der Waals surface area contributed by atoms with E-state index in [0.29, 0.717) is 22.7 Å². The summed E-state index contributed by atoms with van der Waals surface area (Å²) >= 11 is 2.78. The minimum Gasteiger partial charge on any atom is -0.486 e. The van der Waals surface area contributed by atoms with Gasteiger partial charge in [0.25, 0.3) is 0 Å². The van der Waals surface area contributed by atoms with Crippen LogP contribution in [0.15, 0.2) is 78.5 Å². The van der Waals surface area contributed by atoms with E-state index in [0.717, 1.165) is 21.9 Å². The van der Waals surface area contributed by atoms with Crippen LogP contribution in [-0.2, 0) is 17.9 Å². The number of anilines is 1. The summed E-state index contributed by atoms with van der Waals surface area (Å²) in [6, 6.07) is 19.5. The molecule has 1 amide bonds. The van der Waals surface area contributed by atoms with Crippen LogP contribution in [0.5, 0.6) is 5.75 Å². The van der Waals surface area contributed by atoms with Gasteiger partial charge in [-0.1, -0.05) is 66.4 Å². The topological polar surface area (TPSA) is 81.9 Å². The Balaban J connectivity index is 1.37. The van der Waals surface area contributed by atoms with Crippen molar-refractivity contribution in [2.75, 3.05) is 11.1 Å². The number of para-hydroxylation sites is 1. The number of benzene rings is 2. The molecule has 0 saturated carbocycles. The van der Waals surface area contributed by atoms with Gasteiger partial charge in [0.1, 0.15) is 12.4 Å². The molecule has 1 N–H and O–H groups in total. The van der Waals surface area contributed by atoms with Gasteiger partial charge in [0.15, 0.2) is 16.1 Å². The summed E-state index contributed by atoms with van der Waals surface area (Å²) < 4.78 is 7.69. The number of carbonyl (C=O) groups is 1. The Morgan fingerprint density at radius 1 is 1.15 bits per heavy atom. The van der Waals surface area contributed by atoms with Gasteiger partial charge in [0.05, 0.1) is 11.4 Å². The Hall–Kier alpha value is -3.43.